The third kappa shape index (κ3) is 4.58. The molecule has 0 radical (unpaired) electrons. The lowest BCUT2D eigenvalue weighted by Crippen LogP contribution is -2.25. The SMILES string of the molecule is COc1ccccc1Nc1cc(C(=O)NCc2ccccc2F)nc(C)n1. The van der Waals surface area contributed by atoms with Gasteiger partial charge in [0.05, 0.1) is 12.8 Å². The molecule has 0 bridgehead atoms. The molecule has 0 atom stereocenters. The van der Waals surface area contributed by atoms with Crippen molar-refractivity contribution in [3.63, 3.8) is 0 Å². The van der Waals surface area contributed by atoms with Gasteiger partial charge in [-0.3, -0.25) is 4.79 Å². The molecule has 0 aliphatic rings. The maximum absolute atomic E-state index is 13.7. The molecule has 2 N–H and O–H groups in total. The molecule has 138 valence electrons. The van der Waals surface area contributed by atoms with Gasteiger partial charge in [-0.1, -0.05) is 30.3 Å². The van der Waals surface area contributed by atoms with Gasteiger partial charge in [-0.05, 0) is 25.1 Å². The Morgan fingerprint density at radius 2 is 1.85 bits per heavy atom. The van der Waals surface area contributed by atoms with Crippen molar-refractivity contribution in [1.82, 2.24) is 15.3 Å². The summed E-state index contributed by atoms with van der Waals surface area (Å²) < 4.78 is 19.0. The standard InChI is InChI=1S/C20H19FN4O2/c1-13-23-17(20(26)22-12-14-7-3-4-8-15(14)21)11-19(24-13)25-16-9-5-6-10-18(16)27-2/h3-11H,12H2,1-2H3,(H,22,26)(H,23,24,25). The van der Waals surface area contributed by atoms with Crippen LogP contribution in [0.1, 0.15) is 21.9 Å². The van der Waals surface area contributed by atoms with E-state index in [1.165, 1.54) is 12.1 Å². The molecule has 0 saturated heterocycles. The number of aryl methyl sites for hydroxylation is 1. The second-order valence-corrected chi connectivity index (χ2v) is 5.79. The van der Waals surface area contributed by atoms with E-state index >= 15 is 0 Å². The largest absolute Gasteiger partial charge is 0.495 e. The summed E-state index contributed by atoms with van der Waals surface area (Å²) in [6.45, 7) is 1.77. The zero-order chi connectivity index (χ0) is 19.2. The Hall–Kier alpha value is -3.48. The zero-order valence-corrected chi connectivity index (χ0v) is 15.0. The molecular weight excluding hydrogens is 347 g/mol. The van der Waals surface area contributed by atoms with E-state index in [1.54, 1.807) is 32.2 Å². The highest BCUT2D eigenvalue weighted by atomic mass is 19.1. The normalized spacial score (nSPS) is 10.3. The summed E-state index contributed by atoms with van der Waals surface area (Å²) in [5.41, 5.74) is 1.32. The summed E-state index contributed by atoms with van der Waals surface area (Å²) in [4.78, 5) is 20.9. The molecule has 0 saturated carbocycles. The van der Waals surface area contributed by atoms with Crippen LogP contribution in [0.4, 0.5) is 15.9 Å². The average Bonchev–Trinajstić information content (AvgIpc) is 2.67. The van der Waals surface area contributed by atoms with E-state index in [-0.39, 0.29) is 18.1 Å². The van der Waals surface area contributed by atoms with Crippen molar-refractivity contribution >= 4 is 17.4 Å². The first-order valence-electron chi connectivity index (χ1n) is 8.34. The summed E-state index contributed by atoms with van der Waals surface area (Å²) in [6.07, 6.45) is 0. The summed E-state index contributed by atoms with van der Waals surface area (Å²) in [7, 11) is 1.58. The van der Waals surface area contributed by atoms with Gasteiger partial charge in [0.2, 0.25) is 0 Å². The number of aromatic nitrogens is 2. The van der Waals surface area contributed by atoms with Crippen LogP contribution in [-0.2, 0) is 6.54 Å². The molecule has 3 aromatic rings. The van der Waals surface area contributed by atoms with Crippen LogP contribution in [0.5, 0.6) is 5.75 Å². The van der Waals surface area contributed by atoms with Crippen molar-refractivity contribution in [3.8, 4) is 5.75 Å². The summed E-state index contributed by atoms with van der Waals surface area (Å²) in [5.74, 6) is 0.773. The van der Waals surface area contributed by atoms with Gasteiger partial charge in [0, 0.05) is 18.2 Å². The molecule has 1 heterocycles. The first-order chi connectivity index (χ1) is 13.1. The highest BCUT2D eigenvalue weighted by molar-refractivity contribution is 5.93. The second kappa shape index (κ2) is 8.27. The van der Waals surface area contributed by atoms with Gasteiger partial charge in [0.1, 0.15) is 28.9 Å². The van der Waals surface area contributed by atoms with Gasteiger partial charge in [-0.25, -0.2) is 14.4 Å². The van der Waals surface area contributed by atoms with E-state index in [4.69, 9.17) is 4.74 Å². The van der Waals surface area contributed by atoms with Crippen LogP contribution < -0.4 is 15.4 Å². The lowest BCUT2D eigenvalue weighted by atomic mass is 10.2. The Bertz CT molecular complexity index is 962. The highest BCUT2D eigenvalue weighted by Gasteiger charge is 2.12. The number of nitrogens with one attached hydrogen (secondary N) is 2. The minimum absolute atomic E-state index is 0.0732. The lowest BCUT2D eigenvalue weighted by Gasteiger charge is -2.12. The molecule has 3 rings (SSSR count). The second-order valence-electron chi connectivity index (χ2n) is 5.79. The molecule has 2 aromatic carbocycles. The monoisotopic (exact) mass is 366 g/mol. The van der Waals surface area contributed by atoms with E-state index in [0.29, 0.717) is 23.0 Å². The number of ether oxygens (including phenoxy) is 1. The topological polar surface area (TPSA) is 76.1 Å². The molecule has 1 amide bonds. The molecule has 0 unspecified atom stereocenters. The Balaban J connectivity index is 1.76. The zero-order valence-electron chi connectivity index (χ0n) is 15.0. The van der Waals surface area contributed by atoms with Crippen LogP contribution in [0, 0.1) is 12.7 Å². The quantitative estimate of drug-likeness (QED) is 0.697. The fraction of sp³-hybridized carbons (Fsp3) is 0.150. The number of halogens is 1. The number of hydrogen-bond acceptors (Lipinski definition) is 5. The molecule has 0 aliphatic carbocycles. The number of anilines is 2. The molecule has 7 heteroatoms. The predicted octanol–water partition coefficient (Wildman–Crippen LogP) is 3.61. The highest BCUT2D eigenvalue weighted by Crippen LogP contribution is 2.26. The van der Waals surface area contributed by atoms with E-state index in [2.05, 4.69) is 20.6 Å². The third-order valence-corrected chi connectivity index (χ3v) is 3.84. The molecule has 27 heavy (non-hydrogen) atoms. The van der Waals surface area contributed by atoms with Crippen molar-refractivity contribution in [2.45, 2.75) is 13.5 Å². The number of rotatable bonds is 6. The fourth-order valence-electron chi connectivity index (χ4n) is 2.54. The average molecular weight is 366 g/mol. The summed E-state index contributed by atoms with van der Waals surface area (Å²) >= 11 is 0. The van der Waals surface area contributed by atoms with E-state index in [9.17, 15) is 9.18 Å². The number of para-hydroxylation sites is 2. The van der Waals surface area contributed by atoms with Crippen LogP contribution in [0.15, 0.2) is 54.6 Å². The Labute approximate surface area is 156 Å². The molecule has 0 aliphatic heterocycles. The van der Waals surface area contributed by atoms with E-state index in [0.717, 1.165) is 5.69 Å². The van der Waals surface area contributed by atoms with E-state index in [1.807, 2.05) is 24.3 Å². The molecule has 0 spiro atoms. The third-order valence-electron chi connectivity index (χ3n) is 3.84. The Kier molecular flexibility index (Phi) is 5.61. The number of benzene rings is 2. The Morgan fingerprint density at radius 1 is 1.11 bits per heavy atom. The smallest absolute Gasteiger partial charge is 0.270 e. The van der Waals surface area contributed by atoms with Gasteiger partial charge in [-0.2, -0.15) is 0 Å². The van der Waals surface area contributed by atoms with Crippen LogP contribution >= 0.6 is 0 Å². The van der Waals surface area contributed by atoms with Gasteiger partial charge >= 0.3 is 0 Å². The van der Waals surface area contributed by atoms with Crippen molar-refractivity contribution in [1.29, 1.82) is 0 Å². The number of carbonyl (C=O) groups excluding carboxylic acids is 1. The summed E-state index contributed by atoms with van der Waals surface area (Å²) in [5, 5.41) is 5.80. The lowest BCUT2D eigenvalue weighted by molar-refractivity contribution is 0.0945. The minimum atomic E-state index is -0.410. The first-order valence-corrected chi connectivity index (χ1v) is 8.34. The molecule has 0 fully saturated rings. The number of methoxy groups -OCH3 is 1. The maximum Gasteiger partial charge on any atom is 0.270 e. The van der Waals surface area contributed by atoms with Gasteiger partial charge < -0.3 is 15.4 Å². The van der Waals surface area contributed by atoms with Crippen LogP contribution in [0.3, 0.4) is 0 Å². The summed E-state index contributed by atoms with van der Waals surface area (Å²) in [6, 6.07) is 15.2. The number of hydrogen-bond donors (Lipinski definition) is 2. The number of amides is 1. The van der Waals surface area contributed by atoms with Crippen molar-refractivity contribution < 1.29 is 13.9 Å². The Morgan fingerprint density at radius 3 is 2.63 bits per heavy atom. The van der Waals surface area contributed by atoms with Crippen LogP contribution in [-0.4, -0.2) is 23.0 Å². The van der Waals surface area contributed by atoms with Gasteiger partial charge in [0.15, 0.2) is 0 Å². The molecular formula is C20H19FN4O2. The minimum Gasteiger partial charge on any atom is -0.495 e. The predicted molar refractivity (Wildman–Crippen MR) is 101 cm³/mol. The van der Waals surface area contributed by atoms with Crippen molar-refractivity contribution in [2.24, 2.45) is 0 Å². The first kappa shape index (κ1) is 18.3. The molecule has 1 aromatic heterocycles. The van der Waals surface area contributed by atoms with E-state index < -0.39 is 5.91 Å². The van der Waals surface area contributed by atoms with Crippen LogP contribution in [0.25, 0.3) is 0 Å². The maximum atomic E-state index is 13.7. The van der Waals surface area contributed by atoms with Gasteiger partial charge in [-0.15, -0.1) is 0 Å². The fourth-order valence-corrected chi connectivity index (χ4v) is 2.54. The number of nitrogens with zero attached hydrogens (tertiary/aromatic N) is 2. The number of carbonyl (C=O) groups is 1. The van der Waals surface area contributed by atoms with Crippen molar-refractivity contribution in [2.75, 3.05) is 12.4 Å². The van der Waals surface area contributed by atoms with Crippen molar-refractivity contribution in [3.05, 3.63) is 77.5 Å². The molecule has 6 nitrogen and oxygen atoms in total. The van der Waals surface area contributed by atoms with Crippen LogP contribution in [0.2, 0.25) is 0 Å². The van der Waals surface area contributed by atoms with Gasteiger partial charge in [0.25, 0.3) is 5.91 Å².